The van der Waals surface area contributed by atoms with Crippen LogP contribution in [0, 0.1) is 12.7 Å². The van der Waals surface area contributed by atoms with E-state index in [0.717, 1.165) is 6.07 Å². The first kappa shape index (κ1) is 13.2. The fourth-order valence-electron chi connectivity index (χ4n) is 1.51. The van der Waals surface area contributed by atoms with E-state index >= 15 is 0 Å². The maximum absolute atomic E-state index is 13.4. The second-order valence-electron chi connectivity index (χ2n) is 4.08. The standard InChI is InChI=1S/C12H14FNO3/c1-7-4-5-9(6-10(7)13)12(3,11(16)17)14-8(2)15/h4-6H,1-3H3,(H,14,15)(H,16,17). The number of carboxylic acid groups (broad SMARTS) is 1. The molecule has 1 amide bonds. The van der Waals surface area contributed by atoms with Gasteiger partial charge < -0.3 is 10.4 Å². The lowest BCUT2D eigenvalue weighted by Gasteiger charge is -2.26. The predicted molar refractivity (Wildman–Crippen MR) is 59.9 cm³/mol. The Hall–Kier alpha value is -1.91. The Morgan fingerprint density at radius 1 is 1.41 bits per heavy atom. The average molecular weight is 239 g/mol. The Labute approximate surface area is 98.5 Å². The summed E-state index contributed by atoms with van der Waals surface area (Å²) in [4.78, 5) is 22.2. The molecule has 1 aromatic carbocycles. The molecule has 0 aliphatic carbocycles. The summed E-state index contributed by atoms with van der Waals surface area (Å²) >= 11 is 0. The normalized spacial score (nSPS) is 13.9. The highest BCUT2D eigenvalue weighted by Crippen LogP contribution is 2.23. The summed E-state index contributed by atoms with van der Waals surface area (Å²) in [5.74, 6) is -2.23. The molecule has 0 aromatic heterocycles. The van der Waals surface area contributed by atoms with Crippen LogP contribution in [0.4, 0.5) is 4.39 Å². The van der Waals surface area contributed by atoms with Crippen LogP contribution in [-0.2, 0) is 15.1 Å². The van der Waals surface area contributed by atoms with Gasteiger partial charge >= 0.3 is 5.97 Å². The molecule has 0 saturated carbocycles. The molecule has 0 bridgehead atoms. The molecule has 0 saturated heterocycles. The van der Waals surface area contributed by atoms with Gasteiger partial charge in [0, 0.05) is 6.92 Å². The fraction of sp³-hybridized carbons (Fsp3) is 0.333. The van der Waals surface area contributed by atoms with Gasteiger partial charge in [0.1, 0.15) is 5.82 Å². The third-order valence-electron chi connectivity index (χ3n) is 2.60. The largest absolute Gasteiger partial charge is 0.479 e. The Morgan fingerprint density at radius 2 is 2.00 bits per heavy atom. The zero-order valence-electron chi connectivity index (χ0n) is 9.87. The van der Waals surface area contributed by atoms with Crippen LogP contribution in [0.15, 0.2) is 18.2 Å². The molecular weight excluding hydrogens is 225 g/mol. The van der Waals surface area contributed by atoms with Crippen molar-refractivity contribution in [2.75, 3.05) is 0 Å². The van der Waals surface area contributed by atoms with E-state index in [9.17, 15) is 14.0 Å². The number of carboxylic acids is 1. The fourth-order valence-corrected chi connectivity index (χ4v) is 1.51. The zero-order valence-corrected chi connectivity index (χ0v) is 9.87. The Morgan fingerprint density at radius 3 is 2.41 bits per heavy atom. The van der Waals surface area contributed by atoms with Crippen molar-refractivity contribution in [3.05, 3.63) is 35.1 Å². The molecule has 1 atom stereocenters. The van der Waals surface area contributed by atoms with Gasteiger partial charge in [0.15, 0.2) is 5.54 Å². The smallest absolute Gasteiger partial charge is 0.333 e. The number of hydrogen-bond donors (Lipinski definition) is 2. The minimum absolute atomic E-state index is 0.198. The quantitative estimate of drug-likeness (QED) is 0.841. The summed E-state index contributed by atoms with van der Waals surface area (Å²) in [6.45, 7) is 4.11. The summed E-state index contributed by atoms with van der Waals surface area (Å²) in [6, 6.07) is 4.09. The second-order valence-corrected chi connectivity index (χ2v) is 4.08. The van der Waals surface area contributed by atoms with E-state index in [1.165, 1.54) is 26.0 Å². The molecule has 4 nitrogen and oxygen atoms in total. The van der Waals surface area contributed by atoms with Crippen LogP contribution in [0.3, 0.4) is 0 Å². The number of amides is 1. The lowest BCUT2D eigenvalue weighted by Crippen LogP contribution is -2.48. The van der Waals surface area contributed by atoms with E-state index in [4.69, 9.17) is 5.11 Å². The predicted octanol–water partition coefficient (Wildman–Crippen LogP) is 1.57. The third-order valence-corrected chi connectivity index (χ3v) is 2.60. The number of nitrogens with one attached hydrogen (secondary N) is 1. The monoisotopic (exact) mass is 239 g/mol. The van der Waals surface area contributed by atoms with E-state index in [1.54, 1.807) is 6.92 Å². The van der Waals surface area contributed by atoms with Crippen LogP contribution in [0.25, 0.3) is 0 Å². The lowest BCUT2D eigenvalue weighted by atomic mass is 9.91. The van der Waals surface area contributed by atoms with E-state index in [0.29, 0.717) is 5.56 Å². The Balaban J connectivity index is 3.27. The first-order valence-electron chi connectivity index (χ1n) is 5.06. The average Bonchev–Trinajstić information content (AvgIpc) is 2.20. The number of halogens is 1. The molecule has 1 unspecified atom stereocenters. The number of carbonyl (C=O) groups is 2. The summed E-state index contributed by atoms with van der Waals surface area (Å²) in [5.41, 5.74) is -1.01. The highest BCUT2D eigenvalue weighted by molar-refractivity contribution is 5.86. The molecule has 2 N–H and O–H groups in total. The summed E-state index contributed by atoms with van der Waals surface area (Å²) < 4.78 is 13.4. The minimum Gasteiger partial charge on any atom is -0.479 e. The van der Waals surface area contributed by atoms with Crippen LogP contribution in [0.2, 0.25) is 0 Å². The first-order valence-corrected chi connectivity index (χ1v) is 5.06. The zero-order chi connectivity index (χ0) is 13.2. The molecule has 0 heterocycles. The van der Waals surface area contributed by atoms with Crippen LogP contribution < -0.4 is 5.32 Å². The van der Waals surface area contributed by atoms with Crippen molar-refractivity contribution in [1.82, 2.24) is 5.32 Å². The topological polar surface area (TPSA) is 66.4 Å². The van der Waals surface area contributed by atoms with E-state index in [2.05, 4.69) is 5.32 Å². The van der Waals surface area contributed by atoms with Gasteiger partial charge in [-0.05, 0) is 31.0 Å². The van der Waals surface area contributed by atoms with Crippen LogP contribution in [0.1, 0.15) is 25.0 Å². The number of rotatable bonds is 3. The molecule has 1 aromatic rings. The van der Waals surface area contributed by atoms with Gasteiger partial charge in [-0.25, -0.2) is 9.18 Å². The van der Waals surface area contributed by atoms with E-state index in [-0.39, 0.29) is 5.56 Å². The van der Waals surface area contributed by atoms with Crippen LogP contribution >= 0.6 is 0 Å². The van der Waals surface area contributed by atoms with Gasteiger partial charge in [-0.1, -0.05) is 12.1 Å². The van der Waals surface area contributed by atoms with Crippen molar-refractivity contribution < 1.29 is 19.1 Å². The second kappa shape index (κ2) is 4.53. The van der Waals surface area contributed by atoms with Crippen LogP contribution in [0.5, 0.6) is 0 Å². The van der Waals surface area contributed by atoms with Gasteiger partial charge in [0.05, 0.1) is 0 Å². The van der Waals surface area contributed by atoms with Gasteiger partial charge in [-0.3, -0.25) is 4.79 Å². The summed E-state index contributed by atoms with van der Waals surface area (Å²) in [7, 11) is 0. The minimum atomic E-state index is -1.62. The first-order chi connectivity index (χ1) is 7.77. The molecule has 0 spiro atoms. The van der Waals surface area contributed by atoms with E-state index < -0.39 is 23.2 Å². The molecule has 5 heteroatoms. The lowest BCUT2D eigenvalue weighted by molar-refractivity contribution is -0.147. The summed E-state index contributed by atoms with van der Waals surface area (Å²) in [6.07, 6.45) is 0. The number of hydrogen-bond acceptors (Lipinski definition) is 2. The molecule has 0 fully saturated rings. The Kier molecular flexibility index (Phi) is 3.50. The van der Waals surface area contributed by atoms with Gasteiger partial charge in [0.2, 0.25) is 5.91 Å². The van der Waals surface area contributed by atoms with E-state index in [1.807, 2.05) is 0 Å². The van der Waals surface area contributed by atoms with Crippen molar-refractivity contribution in [3.8, 4) is 0 Å². The molecule has 1 rings (SSSR count). The van der Waals surface area contributed by atoms with Crippen LogP contribution in [-0.4, -0.2) is 17.0 Å². The molecule has 92 valence electrons. The van der Waals surface area contributed by atoms with Gasteiger partial charge in [-0.2, -0.15) is 0 Å². The van der Waals surface area contributed by atoms with Crippen molar-refractivity contribution in [2.45, 2.75) is 26.3 Å². The number of carbonyl (C=O) groups excluding carboxylic acids is 1. The van der Waals surface area contributed by atoms with Crippen molar-refractivity contribution in [3.63, 3.8) is 0 Å². The highest BCUT2D eigenvalue weighted by Gasteiger charge is 2.36. The third kappa shape index (κ3) is 2.61. The molecule has 0 aliphatic heterocycles. The molecular formula is C12H14FNO3. The van der Waals surface area contributed by atoms with Crippen molar-refractivity contribution in [2.24, 2.45) is 0 Å². The molecule has 0 radical (unpaired) electrons. The van der Waals surface area contributed by atoms with Gasteiger partial charge in [-0.15, -0.1) is 0 Å². The van der Waals surface area contributed by atoms with Crippen molar-refractivity contribution in [1.29, 1.82) is 0 Å². The maximum Gasteiger partial charge on any atom is 0.333 e. The maximum atomic E-state index is 13.4. The molecule has 17 heavy (non-hydrogen) atoms. The summed E-state index contributed by atoms with van der Waals surface area (Å²) in [5, 5.41) is 11.5. The molecule has 0 aliphatic rings. The van der Waals surface area contributed by atoms with Crippen molar-refractivity contribution >= 4 is 11.9 Å². The number of aliphatic carboxylic acids is 1. The number of benzene rings is 1. The Bertz CT molecular complexity index is 473. The number of aryl methyl sites for hydroxylation is 1. The highest BCUT2D eigenvalue weighted by atomic mass is 19.1. The SMILES string of the molecule is CC(=O)NC(C)(C(=O)O)c1ccc(C)c(F)c1. The van der Waals surface area contributed by atoms with Gasteiger partial charge in [0.25, 0.3) is 0 Å².